The molecule has 2 rings (SSSR count). The number of ether oxygens (including phenoxy) is 1. The van der Waals surface area contributed by atoms with Gasteiger partial charge >= 0.3 is 15.6 Å². The molecule has 0 aliphatic rings. The van der Waals surface area contributed by atoms with E-state index in [9.17, 15) is 21.6 Å². The van der Waals surface area contributed by atoms with E-state index in [2.05, 4.69) is 14.4 Å². The molecule has 0 amide bonds. The van der Waals surface area contributed by atoms with Crippen molar-refractivity contribution in [3.63, 3.8) is 0 Å². The number of nitrogens with zero attached hydrogens (tertiary/aromatic N) is 2. The van der Waals surface area contributed by atoms with E-state index in [-0.39, 0.29) is 5.69 Å². The summed E-state index contributed by atoms with van der Waals surface area (Å²) in [6, 6.07) is 11.4. The lowest BCUT2D eigenvalue weighted by Crippen LogP contribution is -2.27. The molecule has 0 unspecified atom stereocenters. The van der Waals surface area contributed by atoms with Gasteiger partial charge in [-0.25, -0.2) is 0 Å². The van der Waals surface area contributed by atoms with Crippen LogP contribution in [-0.2, 0) is 10.1 Å². The van der Waals surface area contributed by atoms with Gasteiger partial charge in [0.05, 0.1) is 12.8 Å². The molecule has 0 atom stereocenters. The second-order valence-corrected chi connectivity index (χ2v) is 5.89. The van der Waals surface area contributed by atoms with Crippen LogP contribution in [0.5, 0.6) is 11.5 Å². The molecule has 0 aliphatic heterocycles. The summed E-state index contributed by atoms with van der Waals surface area (Å²) in [7, 11) is -4.22. The SMILES string of the molecule is COc1ccccc1N=Nc1ccc(OS(=O)(=O)C(F)(F)F)cc1. The second-order valence-electron chi connectivity index (χ2n) is 4.35. The summed E-state index contributed by atoms with van der Waals surface area (Å²) >= 11 is 0. The molecule has 0 heterocycles. The molecule has 0 aromatic heterocycles. The number of alkyl halides is 3. The topological polar surface area (TPSA) is 77.3 Å². The fraction of sp³-hybridized carbons (Fsp3) is 0.143. The van der Waals surface area contributed by atoms with Crippen LogP contribution in [0.25, 0.3) is 0 Å². The second kappa shape index (κ2) is 6.87. The van der Waals surface area contributed by atoms with E-state index in [0.717, 1.165) is 12.1 Å². The van der Waals surface area contributed by atoms with Gasteiger partial charge in [-0.15, -0.1) is 5.11 Å². The van der Waals surface area contributed by atoms with Crippen LogP contribution in [0.3, 0.4) is 0 Å². The molecule has 0 bridgehead atoms. The molecule has 0 radical (unpaired) electrons. The fourth-order valence-corrected chi connectivity index (χ4v) is 2.03. The van der Waals surface area contributed by atoms with Crippen molar-refractivity contribution in [3.05, 3.63) is 48.5 Å². The summed E-state index contributed by atoms with van der Waals surface area (Å²) < 4.78 is 67.5. The lowest BCUT2D eigenvalue weighted by molar-refractivity contribution is -0.0500. The van der Waals surface area contributed by atoms with E-state index >= 15 is 0 Å². The van der Waals surface area contributed by atoms with E-state index in [1.807, 2.05) is 0 Å². The number of hydrogen-bond acceptors (Lipinski definition) is 6. The summed E-state index contributed by atoms with van der Waals surface area (Å²) in [6.45, 7) is 0. The molecule has 0 fully saturated rings. The van der Waals surface area contributed by atoms with Crippen LogP contribution in [-0.4, -0.2) is 21.0 Å². The number of hydrogen-bond donors (Lipinski definition) is 0. The largest absolute Gasteiger partial charge is 0.534 e. The van der Waals surface area contributed by atoms with Crippen LogP contribution >= 0.6 is 0 Å². The minimum Gasteiger partial charge on any atom is -0.494 e. The molecule has 0 saturated carbocycles. The normalized spacial score (nSPS) is 12.3. The first-order valence-electron chi connectivity index (χ1n) is 6.38. The summed E-state index contributed by atoms with van der Waals surface area (Å²) in [6.07, 6.45) is 0. The highest BCUT2D eigenvalue weighted by molar-refractivity contribution is 7.88. The Morgan fingerprint density at radius 3 is 2.17 bits per heavy atom. The van der Waals surface area contributed by atoms with Crippen molar-refractivity contribution >= 4 is 21.5 Å². The third-order valence-electron chi connectivity index (χ3n) is 2.68. The number of para-hydroxylation sites is 1. The Bertz CT molecular complexity index is 834. The van der Waals surface area contributed by atoms with Gasteiger partial charge in [0, 0.05) is 0 Å². The zero-order valence-corrected chi connectivity index (χ0v) is 13.0. The fourth-order valence-electron chi connectivity index (χ4n) is 1.57. The third kappa shape index (κ3) is 4.22. The Labute approximate surface area is 135 Å². The van der Waals surface area contributed by atoms with Crippen molar-refractivity contribution in [1.82, 2.24) is 0 Å². The first kappa shape index (κ1) is 17.7. The predicted molar refractivity (Wildman–Crippen MR) is 79.2 cm³/mol. The molecule has 0 spiro atoms. The predicted octanol–water partition coefficient (Wildman–Crippen LogP) is 4.34. The summed E-state index contributed by atoms with van der Waals surface area (Å²) in [5, 5.41) is 7.84. The van der Waals surface area contributed by atoms with E-state index in [0.29, 0.717) is 11.4 Å². The minimum absolute atomic E-state index is 0.290. The number of methoxy groups -OCH3 is 1. The summed E-state index contributed by atoms with van der Waals surface area (Å²) in [5.41, 5.74) is -4.74. The number of rotatable bonds is 5. The van der Waals surface area contributed by atoms with E-state index in [4.69, 9.17) is 4.74 Å². The van der Waals surface area contributed by atoms with Crippen molar-refractivity contribution in [1.29, 1.82) is 0 Å². The van der Waals surface area contributed by atoms with Crippen LogP contribution in [0.4, 0.5) is 24.5 Å². The third-order valence-corrected chi connectivity index (χ3v) is 3.66. The molecule has 0 aliphatic carbocycles. The molecule has 6 nitrogen and oxygen atoms in total. The van der Waals surface area contributed by atoms with E-state index < -0.39 is 21.4 Å². The smallest absolute Gasteiger partial charge is 0.494 e. The first-order valence-corrected chi connectivity index (χ1v) is 7.79. The van der Waals surface area contributed by atoms with Crippen molar-refractivity contribution in [2.24, 2.45) is 10.2 Å². The number of halogens is 3. The molecule has 10 heteroatoms. The molecule has 2 aromatic carbocycles. The van der Waals surface area contributed by atoms with Gasteiger partial charge in [-0.3, -0.25) is 0 Å². The Morgan fingerprint density at radius 2 is 1.58 bits per heavy atom. The molecule has 128 valence electrons. The molecule has 24 heavy (non-hydrogen) atoms. The minimum atomic E-state index is -5.70. The lowest BCUT2D eigenvalue weighted by atomic mass is 10.3. The van der Waals surface area contributed by atoms with Crippen LogP contribution in [0.1, 0.15) is 0 Å². The molecular weight excluding hydrogens is 349 g/mol. The average Bonchev–Trinajstić information content (AvgIpc) is 2.53. The van der Waals surface area contributed by atoms with Gasteiger partial charge < -0.3 is 8.92 Å². The summed E-state index contributed by atoms with van der Waals surface area (Å²) in [5.74, 6) is 0.0149. The van der Waals surface area contributed by atoms with Crippen LogP contribution in [0.15, 0.2) is 58.8 Å². The lowest BCUT2D eigenvalue weighted by Gasteiger charge is -2.09. The van der Waals surface area contributed by atoms with Crippen LogP contribution < -0.4 is 8.92 Å². The van der Waals surface area contributed by atoms with Gasteiger partial charge in [0.2, 0.25) is 0 Å². The Kier molecular flexibility index (Phi) is 5.07. The zero-order valence-electron chi connectivity index (χ0n) is 12.2. The number of benzene rings is 2. The highest BCUT2D eigenvalue weighted by Crippen LogP contribution is 2.30. The van der Waals surface area contributed by atoms with Crippen molar-refractivity contribution in [2.45, 2.75) is 5.51 Å². The maximum atomic E-state index is 12.2. The molecule has 0 saturated heterocycles. The van der Waals surface area contributed by atoms with E-state index in [1.165, 1.54) is 19.2 Å². The van der Waals surface area contributed by atoms with Crippen LogP contribution in [0.2, 0.25) is 0 Å². The highest BCUT2D eigenvalue weighted by atomic mass is 32.2. The van der Waals surface area contributed by atoms with Crippen LogP contribution in [0, 0.1) is 0 Å². The Balaban J connectivity index is 2.14. The number of azo groups is 1. The Hall–Kier alpha value is -2.62. The molecule has 2 aromatic rings. The Morgan fingerprint density at radius 1 is 0.958 bits per heavy atom. The average molecular weight is 360 g/mol. The maximum absolute atomic E-state index is 12.2. The van der Waals surface area contributed by atoms with Gasteiger partial charge in [0.25, 0.3) is 0 Å². The summed E-state index contributed by atoms with van der Waals surface area (Å²) in [4.78, 5) is 0. The van der Waals surface area contributed by atoms with Gasteiger partial charge in [-0.2, -0.15) is 26.7 Å². The molecule has 0 N–H and O–H groups in total. The zero-order chi connectivity index (χ0) is 17.8. The maximum Gasteiger partial charge on any atom is 0.534 e. The van der Waals surface area contributed by atoms with E-state index in [1.54, 1.807) is 24.3 Å². The van der Waals surface area contributed by atoms with Gasteiger partial charge in [-0.1, -0.05) is 12.1 Å². The van der Waals surface area contributed by atoms with Gasteiger partial charge in [-0.05, 0) is 36.4 Å². The van der Waals surface area contributed by atoms with Gasteiger partial charge in [0.1, 0.15) is 17.2 Å². The van der Waals surface area contributed by atoms with Gasteiger partial charge in [0.15, 0.2) is 0 Å². The highest BCUT2D eigenvalue weighted by Gasteiger charge is 2.48. The van der Waals surface area contributed by atoms with Crippen molar-refractivity contribution in [3.8, 4) is 11.5 Å². The first-order chi connectivity index (χ1) is 11.2. The standard InChI is InChI=1S/C14H11F3N2O4S/c1-22-13-5-3-2-4-12(13)19-18-10-6-8-11(9-7-10)23-24(20,21)14(15,16)17/h2-9H,1H3. The molecular formula is C14H11F3N2O4S. The van der Waals surface area contributed by atoms with Crippen molar-refractivity contribution < 1.29 is 30.5 Å². The monoisotopic (exact) mass is 360 g/mol. The van der Waals surface area contributed by atoms with Crippen molar-refractivity contribution in [2.75, 3.05) is 7.11 Å². The quantitative estimate of drug-likeness (QED) is 0.451.